The van der Waals surface area contributed by atoms with E-state index in [2.05, 4.69) is 43.2 Å². The van der Waals surface area contributed by atoms with Gasteiger partial charge in [0.1, 0.15) is 0 Å². The van der Waals surface area contributed by atoms with Gasteiger partial charge in [0, 0.05) is 16.6 Å². The lowest BCUT2D eigenvalue weighted by Crippen LogP contribution is -1.90. The van der Waals surface area contributed by atoms with Crippen molar-refractivity contribution >= 4 is 27.7 Å². The summed E-state index contributed by atoms with van der Waals surface area (Å²) in [6.07, 6.45) is 0.816. The summed E-state index contributed by atoms with van der Waals surface area (Å²) >= 11 is 5.06. The van der Waals surface area contributed by atoms with Crippen LogP contribution < -0.4 is 0 Å². The minimum Gasteiger partial charge on any atom is -0.420 e. The van der Waals surface area contributed by atoms with Gasteiger partial charge in [-0.3, -0.25) is 0 Å². The molecule has 7 heteroatoms. The SMILES string of the molecule is Cc1[nH]c(SCc2nnc(-c3ccccc3Br)o2)nc1Cc1ccccc1. The smallest absolute Gasteiger partial charge is 0.248 e. The number of aromatic nitrogens is 4. The molecule has 0 aliphatic carbocycles. The quantitative estimate of drug-likeness (QED) is 0.405. The van der Waals surface area contributed by atoms with E-state index in [4.69, 9.17) is 9.40 Å². The third-order valence-corrected chi connectivity index (χ3v) is 5.63. The molecule has 2 heterocycles. The van der Waals surface area contributed by atoms with Crippen LogP contribution in [0.5, 0.6) is 0 Å². The summed E-state index contributed by atoms with van der Waals surface area (Å²) in [5.74, 6) is 1.65. The molecule has 4 aromatic rings. The van der Waals surface area contributed by atoms with Crippen molar-refractivity contribution in [2.75, 3.05) is 0 Å². The molecule has 0 saturated carbocycles. The first kappa shape index (κ1) is 18.0. The standard InChI is InChI=1S/C20H17BrN4OS/c1-13-17(11-14-7-3-2-4-8-14)23-20(22-13)27-12-18-24-25-19(26-18)15-9-5-6-10-16(15)21/h2-10H,11-12H2,1H3,(H,22,23). The maximum absolute atomic E-state index is 5.79. The summed E-state index contributed by atoms with van der Waals surface area (Å²) in [4.78, 5) is 8.05. The van der Waals surface area contributed by atoms with Crippen LogP contribution in [0.2, 0.25) is 0 Å². The maximum Gasteiger partial charge on any atom is 0.248 e. The molecule has 4 rings (SSSR count). The fourth-order valence-corrected chi connectivity index (χ4v) is 3.91. The number of hydrogen-bond donors (Lipinski definition) is 1. The lowest BCUT2D eigenvalue weighted by Gasteiger charge is -1.98. The van der Waals surface area contributed by atoms with E-state index < -0.39 is 0 Å². The van der Waals surface area contributed by atoms with E-state index in [-0.39, 0.29) is 0 Å². The zero-order chi connectivity index (χ0) is 18.6. The number of nitrogens with one attached hydrogen (secondary N) is 1. The molecule has 0 radical (unpaired) electrons. The Morgan fingerprint density at radius 2 is 1.81 bits per heavy atom. The zero-order valence-corrected chi connectivity index (χ0v) is 17.0. The van der Waals surface area contributed by atoms with Crippen LogP contribution in [0.25, 0.3) is 11.5 Å². The van der Waals surface area contributed by atoms with Crippen LogP contribution in [-0.4, -0.2) is 20.2 Å². The molecule has 5 nitrogen and oxygen atoms in total. The van der Waals surface area contributed by atoms with Gasteiger partial charge >= 0.3 is 0 Å². The molecule has 0 unspecified atom stereocenters. The lowest BCUT2D eigenvalue weighted by molar-refractivity contribution is 0.528. The highest BCUT2D eigenvalue weighted by atomic mass is 79.9. The normalized spacial score (nSPS) is 11.0. The number of H-pyrrole nitrogens is 1. The van der Waals surface area contributed by atoms with Crippen LogP contribution >= 0.6 is 27.7 Å². The van der Waals surface area contributed by atoms with Gasteiger partial charge in [-0.1, -0.05) is 54.2 Å². The molecule has 0 saturated heterocycles. The van der Waals surface area contributed by atoms with Crippen LogP contribution in [0.1, 0.15) is 22.8 Å². The van der Waals surface area contributed by atoms with E-state index in [1.165, 1.54) is 5.56 Å². The molecule has 27 heavy (non-hydrogen) atoms. The fourth-order valence-electron chi connectivity index (χ4n) is 2.68. The number of benzene rings is 2. The first-order valence-corrected chi connectivity index (χ1v) is 10.3. The molecule has 1 N–H and O–H groups in total. The number of aryl methyl sites for hydroxylation is 1. The first-order valence-electron chi connectivity index (χ1n) is 8.48. The van der Waals surface area contributed by atoms with Crippen molar-refractivity contribution in [3.63, 3.8) is 0 Å². The molecule has 0 amide bonds. The highest BCUT2D eigenvalue weighted by Gasteiger charge is 2.13. The van der Waals surface area contributed by atoms with Crippen LogP contribution in [0.4, 0.5) is 0 Å². The van der Waals surface area contributed by atoms with E-state index >= 15 is 0 Å². The molecular weight excluding hydrogens is 424 g/mol. The monoisotopic (exact) mass is 440 g/mol. The van der Waals surface area contributed by atoms with Crippen molar-refractivity contribution in [2.45, 2.75) is 24.3 Å². The molecule has 0 bridgehead atoms. The van der Waals surface area contributed by atoms with Gasteiger partial charge in [0.05, 0.1) is 17.0 Å². The number of thioether (sulfide) groups is 1. The van der Waals surface area contributed by atoms with E-state index in [0.29, 0.717) is 17.5 Å². The Labute approximate surface area is 169 Å². The summed E-state index contributed by atoms with van der Waals surface area (Å²) in [5, 5.41) is 9.15. The molecule has 0 aliphatic heterocycles. The highest BCUT2D eigenvalue weighted by Crippen LogP contribution is 2.28. The van der Waals surface area contributed by atoms with Crippen LogP contribution in [-0.2, 0) is 12.2 Å². The molecular formula is C20H17BrN4OS. The lowest BCUT2D eigenvalue weighted by atomic mass is 10.1. The van der Waals surface area contributed by atoms with Gasteiger partial charge in [-0.15, -0.1) is 10.2 Å². The Kier molecular flexibility index (Phi) is 5.40. The summed E-state index contributed by atoms with van der Waals surface area (Å²) in [6, 6.07) is 18.1. The van der Waals surface area contributed by atoms with Gasteiger partial charge < -0.3 is 9.40 Å². The number of hydrogen-bond acceptors (Lipinski definition) is 5. The Balaban J connectivity index is 1.42. The fraction of sp³-hybridized carbons (Fsp3) is 0.150. The predicted molar refractivity (Wildman–Crippen MR) is 110 cm³/mol. The first-order chi connectivity index (χ1) is 13.2. The second kappa shape index (κ2) is 8.10. The van der Waals surface area contributed by atoms with Gasteiger partial charge in [0.15, 0.2) is 5.16 Å². The third kappa shape index (κ3) is 4.31. The highest BCUT2D eigenvalue weighted by molar-refractivity contribution is 9.10. The average Bonchev–Trinajstić information content (AvgIpc) is 3.28. The zero-order valence-electron chi connectivity index (χ0n) is 14.6. The molecule has 136 valence electrons. The minimum atomic E-state index is 0.512. The van der Waals surface area contributed by atoms with Crippen molar-refractivity contribution < 1.29 is 4.42 Å². The number of halogens is 1. The van der Waals surface area contributed by atoms with Gasteiger partial charge in [-0.2, -0.15) is 0 Å². The molecule has 2 aromatic carbocycles. The number of rotatable bonds is 6. The molecule has 2 aromatic heterocycles. The Morgan fingerprint density at radius 1 is 1.04 bits per heavy atom. The molecule has 0 spiro atoms. The summed E-state index contributed by atoms with van der Waals surface area (Å²) in [5.41, 5.74) is 4.28. The van der Waals surface area contributed by atoms with E-state index in [0.717, 1.165) is 33.0 Å². The maximum atomic E-state index is 5.79. The number of nitrogens with zero attached hydrogens (tertiary/aromatic N) is 3. The van der Waals surface area contributed by atoms with Gasteiger partial charge in [0.25, 0.3) is 0 Å². The van der Waals surface area contributed by atoms with Crippen LogP contribution in [0.3, 0.4) is 0 Å². The summed E-state index contributed by atoms with van der Waals surface area (Å²) in [7, 11) is 0. The van der Waals surface area contributed by atoms with Crippen molar-refractivity contribution in [3.8, 4) is 11.5 Å². The third-order valence-electron chi connectivity index (χ3n) is 4.08. The molecule has 0 atom stereocenters. The topological polar surface area (TPSA) is 67.6 Å². The Hall–Kier alpha value is -2.38. The summed E-state index contributed by atoms with van der Waals surface area (Å²) in [6.45, 7) is 2.05. The summed E-state index contributed by atoms with van der Waals surface area (Å²) < 4.78 is 6.72. The van der Waals surface area contributed by atoms with Crippen molar-refractivity contribution in [2.24, 2.45) is 0 Å². The van der Waals surface area contributed by atoms with E-state index in [9.17, 15) is 0 Å². The number of aromatic amines is 1. The van der Waals surface area contributed by atoms with Crippen molar-refractivity contribution in [3.05, 3.63) is 81.9 Å². The number of imidazole rings is 1. The van der Waals surface area contributed by atoms with Gasteiger partial charge in [-0.05, 0) is 40.5 Å². The van der Waals surface area contributed by atoms with E-state index in [1.54, 1.807) is 11.8 Å². The van der Waals surface area contributed by atoms with Gasteiger partial charge in [-0.25, -0.2) is 4.98 Å². The molecule has 0 aliphatic rings. The van der Waals surface area contributed by atoms with Crippen molar-refractivity contribution in [1.29, 1.82) is 0 Å². The molecule has 0 fully saturated rings. The van der Waals surface area contributed by atoms with Crippen molar-refractivity contribution in [1.82, 2.24) is 20.2 Å². The van der Waals surface area contributed by atoms with Crippen LogP contribution in [0, 0.1) is 6.92 Å². The largest absolute Gasteiger partial charge is 0.420 e. The predicted octanol–water partition coefficient (Wildman–Crippen LogP) is 5.41. The van der Waals surface area contributed by atoms with E-state index in [1.807, 2.05) is 49.4 Å². The average molecular weight is 441 g/mol. The second-order valence-electron chi connectivity index (χ2n) is 6.05. The Morgan fingerprint density at radius 3 is 2.63 bits per heavy atom. The van der Waals surface area contributed by atoms with Crippen LogP contribution in [0.15, 0.2) is 68.6 Å². The second-order valence-corrected chi connectivity index (χ2v) is 7.86. The minimum absolute atomic E-state index is 0.512. The Bertz CT molecular complexity index is 1050. The van der Waals surface area contributed by atoms with Gasteiger partial charge in [0.2, 0.25) is 11.8 Å².